The van der Waals surface area contributed by atoms with Crippen molar-refractivity contribution in [2.24, 2.45) is 0 Å². The van der Waals surface area contributed by atoms with E-state index in [-0.39, 0.29) is 12.1 Å². The van der Waals surface area contributed by atoms with Crippen molar-refractivity contribution in [1.29, 1.82) is 0 Å². The molecule has 0 aromatic carbocycles. The number of nitrogens with zero attached hydrogens (tertiary/aromatic N) is 2. The molecule has 2 heterocycles. The fraction of sp³-hybridized carbons (Fsp3) is 0.462. The standard InChI is InChI=1S/C13H19N3O2/c1-9(2)16-13(11(17-4)8-15-16)12(14-3)10-6-5-7-18-10/h5-9,12,14H,1-4H3. The molecule has 0 amide bonds. The first-order valence-electron chi connectivity index (χ1n) is 6.01. The molecule has 0 aliphatic carbocycles. The summed E-state index contributed by atoms with van der Waals surface area (Å²) in [6.45, 7) is 4.18. The van der Waals surface area contributed by atoms with Crippen molar-refractivity contribution in [2.75, 3.05) is 14.2 Å². The Morgan fingerprint density at radius 2 is 2.22 bits per heavy atom. The van der Waals surface area contributed by atoms with E-state index in [0.717, 1.165) is 17.2 Å². The van der Waals surface area contributed by atoms with Gasteiger partial charge in [-0.2, -0.15) is 5.10 Å². The predicted molar refractivity (Wildman–Crippen MR) is 68.8 cm³/mol. The molecule has 1 atom stereocenters. The van der Waals surface area contributed by atoms with Crippen LogP contribution in [0.25, 0.3) is 0 Å². The second kappa shape index (κ2) is 5.27. The van der Waals surface area contributed by atoms with Crippen molar-refractivity contribution in [3.05, 3.63) is 36.0 Å². The molecule has 2 rings (SSSR count). The van der Waals surface area contributed by atoms with Gasteiger partial charge in [0.15, 0.2) is 5.75 Å². The largest absolute Gasteiger partial charge is 0.493 e. The van der Waals surface area contributed by atoms with E-state index in [2.05, 4.69) is 24.3 Å². The van der Waals surface area contributed by atoms with Gasteiger partial charge in [-0.25, -0.2) is 0 Å². The summed E-state index contributed by atoms with van der Waals surface area (Å²) in [7, 11) is 3.55. The van der Waals surface area contributed by atoms with Gasteiger partial charge in [-0.05, 0) is 33.0 Å². The minimum atomic E-state index is -0.0696. The summed E-state index contributed by atoms with van der Waals surface area (Å²) in [5.41, 5.74) is 0.977. The molecule has 5 nitrogen and oxygen atoms in total. The Balaban J connectivity index is 2.50. The molecular formula is C13H19N3O2. The van der Waals surface area contributed by atoms with Crippen LogP contribution in [0.1, 0.15) is 37.4 Å². The van der Waals surface area contributed by atoms with E-state index in [0.29, 0.717) is 0 Å². The maximum absolute atomic E-state index is 5.49. The Kier molecular flexibility index (Phi) is 3.72. The molecule has 0 spiro atoms. The average Bonchev–Trinajstić information content (AvgIpc) is 2.99. The SMILES string of the molecule is CNC(c1ccco1)c1c(OC)cnn1C(C)C. The fourth-order valence-corrected chi connectivity index (χ4v) is 2.07. The van der Waals surface area contributed by atoms with Crippen molar-refractivity contribution in [3.63, 3.8) is 0 Å². The van der Waals surface area contributed by atoms with Gasteiger partial charge in [0.25, 0.3) is 0 Å². The highest BCUT2D eigenvalue weighted by Crippen LogP contribution is 2.31. The molecule has 1 unspecified atom stereocenters. The summed E-state index contributed by atoms with van der Waals surface area (Å²) in [6, 6.07) is 4.01. The van der Waals surface area contributed by atoms with Gasteiger partial charge >= 0.3 is 0 Å². The van der Waals surface area contributed by atoms with E-state index in [1.165, 1.54) is 0 Å². The van der Waals surface area contributed by atoms with Crippen molar-refractivity contribution < 1.29 is 9.15 Å². The van der Waals surface area contributed by atoms with Gasteiger partial charge in [0.2, 0.25) is 0 Å². The molecular weight excluding hydrogens is 230 g/mol. The average molecular weight is 249 g/mol. The van der Waals surface area contributed by atoms with E-state index in [9.17, 15) is 0 Å². The van der Waals surface area contributed by atoms with E-state index in [1.54, 1.807) is 19.6 Å². The van der Waals surface area contributed by atoms with Gasteiger partial charge in [-0.3, -0.25) is 4.68 Å². The number of ether oxygens (including phenoxy) is 1. The van der Waals surface area contributed by atoms with Gasteiger partial charge < -0.3 is 14.5 Å². The molecule has 18 heavy (non-hydrogen) atoms. The third-order valence-corrected chi connectivity index (χ3v) is 2.90. The molecule has 0 bridgehead atoms. The normalized spacial score (nSPS) is 12.9. The van der Waals surface area contributed by atoms with Gasteiger partial charge in [0.1, 0.15) is 17.5 Å². The smallest absolute Gasteiger partial charge is 0.162 e. The third-order valence-electron chi connectivity index (χ3n) is 2.90. The summed E-state index contributed by atoms with van der Waals surface area (Å²) < 4.78 is 12.8. The minimum Gasteiger partial charge on any atom is -0.493 e. The minimum absolute atomic E-state index is 0.0696. The van der Waals surface area contributed by atoms with Gasteiger partial charge in [-0.1, -0.05) is 0 Å². The van der Waals surface area contributed by atoms with Crippen LogP contribution in [0.3, 0.4) is 0 Å². The summed E-state index contributed by atoms with van der Waals surface area (Å²) >= 11 is 0. The summed E-state index contributed by atoms with van der Waals surface area (Å²) in [6.07, 6.45) is 3.41. The van der Waals surface area contributed by atoms with Crippen LogP contribution in [0.4, 0.5) is 0 Å². The number of aromatic nitrogens is 2. The monoisotopic (exact) mass is 249 g/mol. The van der Waals surface area contributed by atoms with Crippen molar-refractivity contribution in [3.8, 4) is 5.75 Å². The first kappa shape index (κ1) is 12.7. The number of hydrogen-bond acceptors (Lipinski definition) is 4. The lowest BCUT2D eigenvalue weighted by Crippen LogP contribution is -2.22. The van der Waals surface area contributed by atoms with E-state index < -0.39 is 0 Å². The molecule has 0 aliphatic rings. The molecule has 2 aromatic rings. The quantitative estimate of drug-likeness (QED) is 0.884. The van der Waals surface area contributed by atoms with Crippen LogP contribution < -0.4 is 10.1 Å². The van der Waals surface area contributed by atoms with Crippen molar-refractivity contribution in [1.82, 2.24) is 15.1 Å². The Labute approximate surface area is 107 Å². The zero-order valence-electron chi connectivity index (χ0n) is 11.2. The molecule has 1 N–H and O–H groups in total. The van der Waals surface area contributed by atoms with Crippen LogP contribution in [0.2, 0.25) is 0 Å². The number of hydrogen-bond donors (Lipinski definition) is 1. The number of rotatable bonds is 5. The summed E-state index contributed by atoms with van der Waals surface area (Å²) in [5.74, 6) is 1.61. The van der Waals surface area contributed by atoms with Crippen molar-refractivity contribution in [2.45, 2.75) is 25.9 Å². The Bertz CT molecular complexity index is 488. The first-order chi connectivity index (χ1) is 8.69. The highest BCUT2D eigenvalue weighted by atomic mass is 16.5. The molecule has 0 aliphatic heterocycles. The van der Waals surface area contributed by atoms with E-state index >= 15 is 0 Å². The summed E-state index contributed by atoms with van der Waals surface area (Å²) in [4.78, 5) is 0. The van der Waals surface area contributed by atoms with Crippen LogP contribution in [0.5, 0.6) is 5.75 Å². The van der Waals surface area contributed by atoms with Crippen LogP contribution in [0.15, 0.2) is 29.0 Å². The lowest BCUT2D eigenvalue weighted by molar-refractivity contribution is 0.381. The molecule has 0 saturated heterocycles. The number of methoxy groups -OCH3 is 1. The fourth-order valence-electron chi connectivity index (χ4n) is 2.07. The molecule has 0 saturated carbocycles. The van der Waals surface area contributed by atoms with Crippen LogP contribution in [-0.4, -0.2) is 23.9 Å². The second-order valence-electron chi connectivity index (χ2n) is 4.37. The lowest BCUT2D eigenvalue weighted by atomic mass is 10.1. The topological polar surface area (TPSA) is 52.2 Å². The third kappa shape index (κ3) is 2.13. The van der Waals surface area contributed by atoms with Gasteiger partial charge in [0.05, 0.1) is 19.6 Å². The first-order valence-corrected chi connectivity index (χ1v) is 6.01. The van der Waals surface area contributed by atoms with Crippen LogP contribution >= 0.6 is 0 Å². The highest BCUT2D eigenvalue weighted by molar-refractivity contribution is 5.33. The number of furan rings is 1. The van der Waals surface area contributed by atoms with Gasteiger partial charge in [0, 0.05) is 6.04 Å². The number of nitrogens with one attached hydrogen (secondary N) is 1. The molecule has 2 aromatic heterocycles. The predicted octanol–water partition coefficient (Wildman–Crippen LogP) is 2.37. The van der Waals surface area contributed by atoms with Gasteiger partial charge in [-0.15, -0.1) is 0 Å². The lowest BCUT2D eigenvalue weighted by Gasteiger charge is -2.19. The Morgan fingerprint density at radius 1 is 1.44 bits per heavy atom. The van der Waals surface area contributed by atoms with E-state index in [4.69, 9.17) is 9.15 Å². The summed E-state index contributed by atoms with van der Waals surface area (Å²) in [5, 5.41) is 7.62. The van der Waals surface area contributed by atoms with Crippen LogP contribution in [0, 0.1) is 0 Å². The Morgan fingerprint density at radius 3 is 2.72 bits per heavy atom. The zero-order chi connectivity index (χ0) is 13.1. The maximum atomic E-state index is 5.49. The molecule has 0 fully saturated rings. The Hall–Kier alpha value is -1.75. The molecule has 98 valence electrons. The second-order valence-corrected chi connectivity index (χ2v) is 4.37. The van der Waals surface area contributed by atoms with Crippen molar-refractivity contribution >= 4 is 0 Å². The van der Waals surface area contributed by atoms with E-state index in [1.807, 2.05) is 23.9 Å². The zero-order valence-corrected chi connectivity index (χ0v) is 11.2. The van der Waals surface area contributed by atoms with Crippen LogP contribution in [-0.2, 0) is 0 Å². The maximum Gasteiger partial charge on any atom is 0.162 e. The highest BCUT2D eigenvalue weighted by Gasteiger charge is 2.25. The molecule has 5 heteroatoms. The molecule has 0 radical (unpaired) electrons.